The molecule has 4 aromatic rings. The lowest BCUT2D eigenvalue weighted by molar-refractivity contribution is 0.0187. The number of aromatic amines is 1. The van der Waals surface area contributed by atoms with Crippen molar-refractivity contribution >= 4 is 11.3 Å². The number of anilines is 1. The van der Waals surface area contributed by atoms with E-state index in [4.69, 9.17) is 9.72 Å². The molecule has 41 heavy (non-hydrogen) atoms. The minimum Gasteiger partial charge on any atom is -0.379 e. The Morgan fingerprint density at radius 2 is 1.73 bits per heavy atom. The summed E-state index contributed by atoms with van der Waals surface area (Å²) in [6, 6.07) is 11.1. The maximum absolute atomic E-state index is 13.0. The number of aromatic nitrogens is 3. The Morgan fingerprint density at radius 3 is 2.41 bits per heavy atom. The van der Waals surface area contributed by atoms with E-state index < -0.39 is 0 Å². The first-order valence-electron chi connectivity index (χ1n) is 14.8. The van der Waals surface area contributed by atoms with E-state index in [2.05, 4.69) is 81.5 Å². The molecule has 1 atom stereocenters. The van der Waals surface area contributed by atoms with Crippen LogP contribution in [0.2, 0.25) is 0 Å². The lowest BCUT2D eigenvalue weighted by atomic mass is 9.95. The van der Waals surface area contributed by atoms with Crippen LogP contribution in [-0.4, -0.2) is 83.7 Å². The van der Waals surface area contributed by atoms with Gasteiger partial charge in [-0.3, -0.25) is 9.69 Å². The van der Waals surface area contributed by atoms with E-state index in [1.165, 1.54) is 16.8 Å². The highest BCUT2D eigenvalue weighted by Gasteiger charge is 2.25. The maximum Gasteiger partial charge on any atom is 0.251 e. The topological polar surface area (TPSA) is 69.1 Å². The summed E-state index contributed by atoms with van der Waals surface area (Å²) < 4.78 is 8.02. The molecule has 2 saturated heterocycles. The van der Waals surface area contributed by atoms with Crippen molar-refractivity contribution in [1.29, 1.82) is 0 Å². The van der Waals surface area contributed by atoms with E-state index in [-0.39, 0.29) is 11.6 Å². The number of ether oxygens (including phenoxy) is 1. The second kappa shape index (κ2) is 11.4. The first-order chi connectivity index (χ1) is 19.8. The van der Waals surface area contributed by atoms with Crippen molar-refractivity contribution in [1.82, 2.24) is 24.2 Å². The van der Waals surface area contributed by atoms with E-state index in [0.29, 0.717) is 6.42 Å². The van der Waals surface area contributed by atoms with Gasteiger partial charge in [-0.25, -0.2) is 4.98 Å². The smallest absolute Gasteiger partial charge is 0.251 e. The van der Waals surface area contributed by atoms with Crippen molar-refractivity contribution < 1.29 is 4.74 Å². The molecule has 2 fully saturated rings. The second-order valence-electron chi connectivity index (χ2n) is 11.8. The summed E-state index contributed by atoms with van der Waals surface area (Å²) in [7, 11) is 2.17. The van der Waals surface area contributed by atoms with Gasteiger partial charge in [0.15, 0.2) is 0 Å². The fourth-order valence-electron chi connectivity index (χ4n) is 6.50. The molecule has 0 saturated carbocycles. The normalized spacial score (nSPS) is 17.8. The summed E-state index contributed by atoms with van der Waals surface area (Å²) >= 11 is 0. The van der Waals surface area contributed by atoms with Gasteiger partial charge < -0.3 is 23.9 Å². The number of likely N-dealkylation sites (N-methyl/N-ethyl adjacent to an activating group) is 1. The Labute approximate surface area is 242 Å². The summed E-state index contributed by atoms with van der Waals surface area (Å²) in [6.07, 6.45) is 4.87. The first kappa shape index (κ1) is 27.7. The first-order valence-corrected chi connectivity index (χ1v) is 14.8. The Hall–Kier alpha value is -3.46. The molecule has 2 aliphatic heterocycles. The van der Waals surface area contributed by atoms with Crippen molar-refractivity contribution in [3.05, 3.63) is 86.7 Å². The van der Waals surface area contributed by atoms with Crippen LogP contribution in [0.4, 0.5) is 5.82 Å². The Balaban J connectivity index is 1.40. The molecule has 0 radical (unpaired) electrons. The van der Waals surface area contributed by atoms with Crippen molar-refractivity contribution in [2.45, 2.75) is 40.2 Å². The highest BCUT2D eigenvalue weighted by Crippen LogP contribution is 2.33. The highest BCUT2D eigenvalue weighted by atomic mass is 16.5. The molecule has 1 N–H and O–H groups in total. The lowest BCUT2D eigenvalue weighted by Gasteiger charge is -2.34. The minimum atomic E-state index is 0.00661. The van der Waals surface area contributed by atoms with Crippen LogP contribution in [0.3, 0.4) is 0 Å². The number of pyridine rings is 3. The van der Waals surface area contributed by atoms with Gasteiger partial charge in [0.05, 0.1) is 13.2 Å². The zero-order valence-corrected chi connectivity index (χ0v) is 25.0. The van der Waals surface area contributed by atoms with Crippen molar-refractivity contribution in [2.24, 2.45) is 0 Å². The molecule has 6 heterocycles. The number of morpholine rings is 1. The van der Waals surface area contributed by atoms with E-state index in [0.717, 1.165) is 91.8 Å². The molecule has 4 aromatic heterocycles. The number of aryl methyl sites for hydroxylation is 2. The average Bonchev–Trinajstić information content (AvgIpc) is 3.39. The molecule has 216 valence electrons. The molecule has 0 spiro atoms. The summed E-state index contributed by atoms with van der Waals surface area (Å²) in [5, 5.41) is 0. The maximum atomic E-state index is 13.0. The molecule has 2 aliphatic rings. The zero-order chi connectivity index (χ0) is 28.7. The number of hydrogen-bond acceptors (Lipinski definition) is 6. The van der Waals surface area contributed by atoms with Gasteiger partial charge in [0.1, 0.15) is 5.82 Å². The number of piperazine rings is 1. The van der Waals surface area contributed by atoms with E-state index in [1.54, 1.807) is 0 Å². The fourth-order valence-corrected chi connectivity index (χ4v) is 6.50. The van der Waals surface area contributed by atoms with Gasteiger partial charge in [-0.2, -0.15) is 0 Å². The number of fused-ring (bicyclic) bond motifs is 1. The van der Waals surface area contributed by atoms with Crippen LogP contribution in [0.15, 0.2) is 47.5 Å². The van der Waals surface area contributed by atoms with Crippen molar-refractivity contribution in [3.63, 3.8) is 0 Å². The van der Waals surface area contributed by atoms with E-state index >= 15 is 0 Å². The third kappa shape index (κ3) is 5.56. The van der Waals surface area contributed by atoms with E-state index in [9.17, 15) is 4.79 Å². The number of nitrogens with one attached hydrogen (secondary N) is 1. The molecule has 0 bridgehead atoms. The van der Waals surface area contributed by atoms with Gasteiger partial charge in [-0.1, -0.05) is 0 Å². The standard InChI is InChI=1S/C33H42N6O2/c1-22-16-23(2)35-33(40)30(22)19-27-17-29-18-28(26-6-7-31(34-20-26)38-10-8-36(5)9-11-38)21-39(29)32(24(27)3)25(4)37-12-14-41-15-13-37/h6-7,16-18,20-21,25H,8-15,19H2,1-5H3,(H,35,40). The number of H-pyrrole nitrogens is 1. The number of rotatable bonds is 6. The summed E-state index contributed by atoms with van der Waals surface area (Å²) in [6.45, 7) is 16.0. The van der Waals surface area contributed by atoms with Gasteiger partial charge in [-0.05, 0) is 81.8 Å². The largest absolute Gasteiger partial charge is 0.379 e. The van der Waals surface area contributed by atoms with Crippen LogP contribution in [0.1, 0.15) is 46.6 Å². The van der Waals surface area contributed by atoms with Crippen LogP contribution in [0.5, 0.6) is 0 Å². The van der Waals surface area contributed by atoms with Crippen LogP contribution in [0.25, 0.3) is 16.6 Å². The number of nitrogens with zero attached hydrogens (tertiary/aromatic N) is 5. The van der Waals surface area contributed by atoms with Gasteiger partial charge in [0, 0.05) is 97.7 Å². The summed E-state index contributed by atoms with van der Waals surface area (Å²) in [5.74, 6) is 1.05. The monoisotopic (exact) mass is 554 g/mol. The van der Waals surface area contributed by atoms with Crippen LogP contribution in [0, 0.1) is 20.8 Å². The Bertz CT molecular complexity index is 1590. The molecule has 0 aliphatic carbocycles. The SMILES string of the molecule is Cc1cc(C)c(Cc2cc3cc(-c4ccc(N5CCN(C)CC5)nc4)cn3c(C(C)N3CCOCC3)c2C)c(=O)[nH]1. The van der Waals surface area contributed by atoms with Gasteiger partial charge >= 0.3 is 0 Å². The molecule has 6 rings (SSSR count). The predicted molar refractivity (Wildman–Crippen MR) is 165 cm³/mol. The van der Waals surface area contributed by atoms with Crippen LogP contribution >= 0.6 is 0 Å². The Morgan fingerprint density at radius 1 is 0.976 bits per heavy atom. The van der Waals surface area contributed by atoms with Crippen molar-refractivity contribution in [3.8, 4) is 11.1 Å². The molecule has 1 unspecified atom stereocenters. The van der Waals surface area contributed by atoms with Crippen molar-refractivity contribution in [2.75, 3.05) is 64.4 Å². The minimum absolute atomic E-state index is 0.00661. The van der Waals surface area contributed by atoms with Crippen LogP contribution in [-0.2, 0) is 11.2 Å². The molecular formula is C33H42N6O2. The fraction of sp³-hybridized carbons (Fsp3) is 0.455. The third-order valence-corrected chi connectivity index (χ3v) is 9.06. The zero-order valence-electron chi connectivity index (χ0n) is 25.0. The summed E-state index contributed by atoms with van der Waals surface area (Å²) in [4.78, 5) is 28.1. The van der Waals surface area contributed by atoms with Gasteiger partial charge in [0.2, 0.25) is 0 Å². The molecule has 0 amide bonds. The molecule has 0 aromatic carbocycles. The quantitative estimate of drug-likeness (QED) is 0.382. The molecular weight excluding hydrogens is 512 g/mol. The van der Waals surface area contributed by atoms with Gasteiger partial charge in [-0.15, -0.1) is 0 Å². The Kier molecular flexibility index (Phi) is 7.72. The molecule has 8 heteroatoms. The third-order valence-electron chi connectivity index (χ3n) is 9.06. The van der Waals surface area contributed by atoms with Crippen LogP contribution < -0.4 is 10.5 Å². The number of hydrogen-bond donors (Lipinski definition) is 1. The highest BCUT2D eigenvalue weighted by molar-refractivity contribution is 5.72. The van der Waals surface area contributed by atoms with E-state index in [1.807, 2.05) is 20.0 Å². The van der Waals surface area contributed by atoms with Gasteiger partial charge in [0.25, 0.3) is 5.56 Å². The average molecular weight is 555 g/mol. The second-order valence-corrected chi connectivity index (χ2v) is 11.8. The summed E-state index contributed by atoms with van der Waals surface area (Å²) in [5.41, 5.74) is 9.88. The lowest BCUT2D eigenvalue weighted by Crippen LogP contribution is -2.44. The predicted octanol–water partition coefficient (Wildman–Crippen LogP) is 4.35. The molecule has 8 nitrogen and oxygen atoms in total.